The number of piperazine rings is 1. The second kappa shape index (κ2) is 9.21. The van der Waals surface area contributed by atoms with Crippen molar-refractivity contribution in [2.45, 2.75) is 44.4 Å². The van der Waals surface area contributed by atoms with Gasteiger partial charge in [-0.25, -0.2) is 13.4 Å². The predicted octanol–water partition coefficient (Wildman–Crippen LogP) is 2.18. The molecule has 0 spiro atoms. The number of nitrogens with zero attached hydrogens (tertiary/aromatic N) is 5. The standard InChI is InChI=1S/C23H32N6O4S/c1-5-7-16-9-10-17(34(32,33)28-11-13-29(4,31)14-12-28)15-18(16)22-24-20-19(8-6-2)26-27(3)21(20)23(30)25-22/h9-10,15H,5-8,11-14H2,1-4H3,(H,24,25,30). The summed E-state index contributed by atoms with van der Waals surface area (Å²) in [5.74, 6) is 0.339. The van der Waals surface area contributed by atoms with E-state index in [4.69, 9.17) is 4.98 Å². The number of hydrogen-bond donors (Lipinski definition) is 1. The Morgan fingerprint density at radius 1 is 1.15 bits per heavy atom. The summed E-state index contributed by atoms with van der Waals surface area (Å²) >= 11 is 0. The smallest absolute Gasteiger partial charge is 0.277 e. The highest BCUT2D eigenvalue weighted by molar-refractivity contribution is 7.89. The van der Waals surface area contributed by atoms with Gasteiger partial charge in [-0.2, -0.15) is 9.40 Å². The van der Waals surface area contributed by atoms with E-state index >= 15 is 0 Å². The number of nitrogens with one attached hydrogen (secondary N) is 1. The molecule has 0 amide bonds. The zero-order valence-electron chi connectivity index (χ0n) is 20.2. The summed E-state index contributed by atoms with van der Waals surface area (Å²) < 4.78 is 29.2. The molecule has 1 aliphatic rings. The normalized spacial score (nSPS) is 16.9. The van der Waals surface area contributed by atoms with Crippen LogP contribution in [0.25, 0.3) is 22.4 Å². The summed E-state index contributed by atoms with van der Waals surface area (Å²) in [7, 11) is -0.511. The van der Waals surface area contributed by atoms with Crippen LogP contribution in [-0.4, -0.2) is 70.3 Å². The van der Waals surface area contributed by atoms with Crippen LogP contribution >= 0.6 is 0 Å². The Kier molecular flexibility index (Phi) is 6.65. The van der Waals surface area contributed by atoms with Crippen LogP contribution in [-0.2, 0) is 29.9 Å². The van der Waals surface area contributed by atoms with Gasteiger partial charge in [-0.05, 0) is 30.5 Å². The molecular weight excluding hydrogens is 456 g/mol. The first-order chi connectivity index (χ1) is 16.1. The fourth-order valence-electron chi connectivity index (χ4n) is 4.46. The molecule has 34 heavy (non-hydrogen) atoms. The Hall–Kier alpha value is -2.60. The van der Waals surface area contributed by atoms with Crippen LogP contribution in [0.5, 0.6) is 0 Å². The molecule has 1 saturated heterocycles. The lowest BCUT2D eigenvalue weighted by Crippen LogP contribution is -2.54. The van der Waals surface area contributed by atoms with Gasteiger partial charge in [0.05, 0.1) is 43.8 Å². The third-order valence-corrected chi connectivity index (χ3v) is 8.28. The largest absolute Gasteiger partial charge is 0.633 e. The van der Waals surface area contributed by atoms with Crippen molar-refractivity contribution in [2.24, 2.45) is 7.05 Å². The minimum atomic E-state index is -3.79. The summed E-state index contributed by atoms with van der Waals surface area (Å²) in [5, 5.41) is 16.6. The van der Waals surface area contributed by atoms with E-state index in [9.17, 15) is 18.4 Å². The lowest BCUT2D eigenvalue weighted by Gasteiger charge is -2.44. The van der Waals surface area contributed by atoms with Gasteiger partial charge in [0.25, 0.3) is 5.56 Å². The first-order valence-electron chi connectivity index (χ1n) is 11.7. The molecule has 1 fully saturated rings. The SMILES string of the molecule is CCCc1ccc(S(=O)(=O)N2CC[N+](C)([O-])CC2)cc1-c1nc2c(CCC)nn(C)c2c(=O)[nH]1. The van der Waals surface area contributed by atoms with Crippen molar-refractivity contribution in [1.82, 2.24) is 24.1 Å². The van der Waals surface area contributed by atoms with Gasteiger partial charge in [0.15, 0.2) is 5.52 Å². The number of fused-ring (bicyclic) bond motifs is 1. The first kappa shape index (κ1) is 24.5. The Bertz CT molecular complexity index is 1370. The molecule has 1 aliphatic heterocycles. The number of rotatable bonds is 7. The number of H-pyrrole nitrogens is 1. The molecule has 1 N–H and O–H groups in total. The van der Waals surface area contributed by atoms with Crippen molar-refractivity contribution >= 4 is 21.1 Å². The number of quaternary nitrogens is 1. The van der Waals surface area contributed by atoms with Gasteiger partial charge < -0.3 is 14.8 Å². The number of hydroxylamine groups is 3. The second-order valence-electron chi connectivity index (χ2n) is 9.15. The molecule has 0 unspecified atom stereocenters. The van der Waals surface area contributed by atoms with Crippen LogP contribution in [0.15, 0.2) is 27.9 Å². The fourth-order valence-corrected chi connectivity index (χ4v) is 5.91. The molecule has 2 aromatic heterocycles. The molecule has 11 heteroatoms. The molecule has 0 atom stereocenters. The third-order valence-electron chi connectivity index (χ3n) is 6.39. The van der Waals surface area contributed by atoms with Gasteiger partial charge in [0.1, 0.15) is 11.3 Å². The van der Waals surface area contributed by atoms with Crippen LogP contribution in [0.4, 0.5) is 0 Å². The molecule has 3 aromatic rings. The van der Waals surface area contributed by atoms with Crippen molar-refractivity contribution in [3.05, 3.63) is 45.0 Å². The van der Waals surface area contributed by atoms with E-state index in [1.165, 1.54) is 4.31 Å². The van der Waals surface area contributed by atoms with Crippen molar-refractivity contribution in [1.29, 1.82) is 0 Å². The highest BCUT2D eigenvalue weighted by atomic mass is 32.2. The lowest BCUT2D eigenvalue weighted by molar-refractivity contribution is -0.864. The van der Waals surface area contributed by atoms with Crippen molar-refractivity contribution in [3.63, 3.8) is 0 Å². The van der Waals surface area contributed by atoms with E-state index in [0.29, 0.717) is 35.3 Å². The van der Waals surface area contributed by atoms with E-state index in [-0.39, 0.29) is 36.6 Å². The molecule has 1 aromatic carbocycles. The van der Waals surface area contributed by atoms with E-state index in [0.717, 1.165) is 24.1 Å². The molecule has 184 valence electrons. The zero-order valence-corrected chi connectivity index (χ0v) is 21.0. The molecule has 10 nitrogen and oxygen atoms in total. The average Bonchev–Trinajstić information content (AvgIpc) is 3.09. The maximum absolute atomic E-state index is 13.4. The summed E-state index contributed by atoms with van der Waals surface area (Å²) in [6, 6.07) is 5.00. The first-order valence-corrected chi connectivity index (χ1v) is 13.2. The van der Waals surface area contributed by atoms with Crippen LogP contribution < -0.4 is 5.56 Å². The minimum Gasteiger partial charge on any atom is -0.633 e. The maximum atomic E-state index is 13.4. The number of likely N-dealkylation sites (N-methyl/N-ethyl adjacent to an activating group) is 1. The number of hydrogen-bond acceptors (Lipinski definition) is 6. The highest BCUT2D eigenvalue weighted by Crippen LogP contribution is 2.29. The number of aromatic amines is 1. The number of benzene rings is 1. The summed E-state index contributed by atoms with van der Waals surface area (Å²) in [5.41, 5.74) is 2.89. The van der Waals surface area contributed by atoms with Crippen molar-refractivity contribution < 1.29 is 13.1 Å². The van der Waals surface area contributed by atoms with E-state index in [1.54, 1.807) is 37.0 Å². The number of sulfonamides is 1. The van der Waals surface area contributed by atoms with E-state index < -0.39 is 14.7 Å². The van der Waals surface area contributed by atoms with Crippen molar-refractivity contribution in [3.8, 4) is 11.4 Å². The minimum absolute atomic E-state index is 0.132. The van der Waals surface area contributed by atoms with Crippen LogP contribution in [0.1, 0.15) is 37.9 Å². The quantitative estimate of drug-likeness (QED) is 0.402. The molecule has 0 radical (unpaired) electrons. The fraction of sp³-hybridized carbons (Fsp3) is 0.522. The Morgan fingerprint density at radius 3 is 2.47 bits per heavy atom. The Labute approximate surface area is 199 Å². The number of aromatic nitrogens is 4. The lowest BCUT2D eigenvalue weighted by atomic mass is 10.0. The number of aryl methyl sites for hydroxylation is 3. The van der Waals surface area contributed by atoms with Gasteiger partial charge in [0.2, 0.25) is 10.0 Å². The summed E-state index contributed by atoms with van der Waals surface area (Å²) in [4.78, 5) is 20.7. The van der Waals surface area contributed by atoms with Crippen molar-refractivity contribution in [2.75, 3.05) is 33.2 Å². The molecule has 0 saturated carbocycles. The predicted molar refractivity (Wildman–Crippen MR) is 131 cm³/mol. The monoisotopic (exact) mass is 488 g/mol. The van der Waals surface area contributed by atoms with Crippen LogP contribution in [0.3, 0.4) is 0 Å². The van der Waals surface area contributed by atoms with Gasteiger partial charge in [0, 0.05) is 12.6 Å². The molecule has 3 heterocycles. The van der Waals surface area contributed by atoms with E-state index in [1.807, 2.05) is 13.8 Å². The van der Waals surface area contributed by atoms with E-state index in [2.05, 4.69) is 10.1 Å². The molecule has 0 aliphatic carbocycles. The van der Waals surface area contributed by atoms with Gasteiger partial charge in [-0.15, -0.1) is 0 Å². The summed E-state index contributed by atoms with van der Waals surface area (Å²) in [6.07, 6.45) is 3.12. The second-order valence-corrected chi connectivity index (χ2v) is 11.1. The zero-order chi connectivity index (χ0) is 24.7. The molecule has 4 rings (SSSR count). The highest BCUT2D eigenvalue weighted by Gasteiger charge is 2.32. The van der Waals surface area contributed by atoms with Crippen LogP contribution in [0.2, 0.25) is 0 Å². The average molecular weight is 489 g/mol. The van der Waals surface area contributed by atoms with Crippen LogP contribution in [0, 0.1) is 5.21 Å². The topological polar surface area (TPSA) is 124 Å². The maximum Gasteiger partial charge on any atom is 0.277 e. The molecular formula is C23H32N6O4S. The molecule has 0 bridgehead atoms. The Balaban J connectivity index is 1.83. The van der Waals surface area contributed by atoms with Gasteiger partial charge >= 0.3 is 0 Å². The Morgan fingerprint density at radius 2 is 1.82 bits per heavy atom. The van der Waals surface area contributed by atoms with Gasteiger partial charge in [-0.1, -0.05) is 32.8 Å². The van der Waals surface area contributed by atoms with Gasteiger partial charge in [-0.3, -0.25) is 9.48 Å². The summed E-state index contributed by atoms with van der Waals surface area (Å²) in [6.45, 7) is 4.86. The third kappa shape index (κ3) is 4.52.